The molecule has 5 heterocycles. The molecule has 11 atom stereocenters. The van der Waals surface area contributed by atoms with E-state index >= 15 is 0 Å². The molecule has 5 aliphatic heterocycles. The summed E-state index contributed by atoms with van der Waals surface area (Å²) in [5, 5.41) is 44.8. The van der Waals surface area contributed by atoms with E-state index in [0.29, 0.717) is 102 Å². The van der Waals surface area contributed by atoms with Crippen LogP contribution in [0.15, 0.2) is 48.1 Å². The number of nitrogens with one attached hydrogen (secondary N) is 6. The molecule has 0 aromatic heterocycles. The zero-order chi connectivity index (χ0) is 99.2. The zero-order valence-corrected chi connectivity index (χ0v) is 80.4. The first-order valence-electron chi connectivity index (χ1n) is 45.4. The highest BCUT2D eigenvalue weighted by atomic mass is 35.5. The molecule has 0 saturated carbocycles. The van der Waals surface area contributed by atoms with Crippen molar-refractivity contribution < 1.29 is 168 Å². The molecule has 0 aliphatic carbocycles. The van der Waals surface area contributed by atoms with Crippen LogP contribution in [0.2, 0.25) is 5.02 Å². The number of carbonyl (C=O) groups excluding carboxylic acids is 13. The van der Waals surface area contributed by atoms with E-state index in [2.05, 4.69) is 31.9 Å². The van der Waals surface area contributed by atoms with Crippen molar-refractivity contribution >= 4 is 112 Å². The summed E-state index contributed by atoms with van der Waals surface area (Å²) in [5.74, 6) is -9.20. The Hall–Kier alpha value is -9.02. The molecule has 47 heteroatoms. The molecule has 5 aliphatic rings. The number of imide groups is 2. The molecule has 6 rings (SSSR count). The van der Waals surface area contributed by atoms with Crippen LogP contribution in [0.4, 0.5) is 10.5 Å². The van der Waals surface area contributed by atoms with Gasteiger partial charge < -0.3 is 137 Å². The van der Waals surface area contributed by atoms with Gasteiger partial charge in [-0.2, -0.15) is 0 Å². The summed E-state index contributed by atoms with van der Waals surface area (Å²) in [6.07, 6.45) is 2.94. The second kappa shape index (κ2) is 64.3. The van der Waals surface area contributed by atoms with E-state index in [4.69, 9.17) is 102 Å². The number of amides is 12. The van der Waals surface area contributed by atoms with E-state index in [9.17, 15) is 77.3 Å². The van der Waals surface area contributed by atoms with Gasteiger partial charge in [0.1, 0.15) is 59.4 Å². The zero-order valence-electron chi connectivity index (χ0n) is 78.8. The molecule has 1 aromatic carbocycles. The van der Waals surface area contributed by atoms with E-state index in [1.54, 1.807) is 38.1 Å². The Morgan fingerprint density at radius 2 is 1.14 bits per heavy atom. The standard InChI is InChI=1S/C89H137ClN10O35S/c1-60-13-12-14-70(119-8)89(117)56-68(133-87(116)96-89)61(2)82-88(4,135-82)71(55-79(109)98(6)66-52-63(51-60)53-67(118-7)81(66)90)134-86(115)62(3)97(5)76(106)20-50-136-69-54-80(110)100(84(69)112)59-75(105)95-65(85(113)114)58-93-73(103)19-25-121-29-33-125-37-41-129-45-44-128-40-36-124-32-28-120-24-18-72(102)92-57-64(94-74(104)15-10-9-11-22-99-77(107)16-17-78(99)108)83(111)91-21-26-122-30-34-126-38-42-130-46-48-132-49-47-131-43-39-127-35-31-123-27-23-101/h12-14,16-17,52-53,61-62,64-65,68-71,82,101,117H,9-11,15,18-51,54-59H2,1-8H3,(H,91,111)(H,92,102)(H,93,103)(H,94,104)(H,95,105)(H,96,116)(H,113,114)/b14-12+,60-13+/t61-,62+,64?,65?,68+,69?,70-,71+,82+,88+,89+/m1/s1. The summed E-state index contributed by atoms with van der Waals surface area (Å²) in [5.41, 5.74) is -1.46. The van der Waals surface area contributed by atoms with Gasteiger partial charge in [0.2, 0.25) is 53.2 Å². The number of aliphatic hydroxyl groups is 2. The first-order valence-corrected chi connectivity index (χ1v) is 46.9. The number of allylic oxidation sites excluding steroid dienone is 3. The Balaban J connectivity index is 0.771. The number of hydrogen-bond donors (Lipinski definition) is 9. The number of epoxide rings is 1. The number of thioether (sulfide) groups is 1. The Morgan fingerprint density at radius 3 is 1.65 bits per heavy atom. The van der Waals surface area contributed by atoms with E-state index in [1.165, 1.54) is 52.3 Å². The number of ether oxygens (including phenoxy) is 18. The molecule has 45 nitrogen and oxygen atoms in total. The molecule has 766 valence electrons. The Morgan fingerprint density at radius 1 is 0.632 bits per heavy atom. The van der Waals surface area contributed by atoms with Crippen molar-refractivity contribution in [3.05, 3.63) is 58.7 Å². The quantitative estimate of drug-likeness (QED) is 0.0174. The number of anilines is 1. The number of aliphatic carboxylic acids is 1. The Bertz CT molecular complexity index is 4050. The molecule has 3 saturated heterocycles. The van der Waals surface area contributed by atoms with Crippen LogP contribution in [0.25, 0.3) is 0 Å². The molecule has 1 aromatic rings. The third-order valence-electron chi connectivity index (χ3n) is 22.0. The molecule has 0 radical (unpaired) electrons. The molecule has 3 unspecified atom stereocenters. The predicted octanol–water partition coefficient (Wildman–Crippen LogP) is -0.358. The number of unbranched alkanes of at least 4 members (excludes halogenated alkanes) is 2. The van der Waals surface area contributed by atoms with Gasteiger partial charge in [0, 0.05) is 110 Å². The fourth-order valence-corrected chi connectivity index (χ4v) is 15.5. The summed E-state index contributed by atoms with van der Waals surface area (Å²) in [7, 11) is 5.68. The number of likely N-dealkylation sites (tertiary alicyclic amines) is 1. The second-order valence-corrected chi connectivity index (χ2v) is 33.9. The van der Waals surface area contributed by atoms with E-state index in [-0.39, 0.29) is 199 Å². The number of aliphatic hydroxyl groups excluding tert-OH is 1. The number of benzene rings is 1. The van der Waals surface area contributed by atoms with Gasteiger partial charge in [-0.05, 0) is 57.7 Å². The van der Waals surface area contributed by atoms with Gasteiger partial charge in [-0.25, -0.2) is 14.4 Å². The molecule has 12 amide bonds. The van der Waals surface area contributed by atoms with Crippen molar-refractivity contribution in [1.29, 1.82) is 0 Å². The number of rotatable bonds is 69. The number of methoxy groups -OCH3 is 2. The van der Waals surface area contributed by atoms with Crippen molar-refractivity contribution in [2.75, 3.05) is 250 Å². The smallest absolute Gasteiger partial charge is 0.409 e. The number of esters is 1. The lowest BCUT2D eigenvalue weighted by molar-refractivity contribution is -0.162. The first-order chi connectivity index (χ1) is 65.3. The Labute approximate surface area is 800 Å². The lowest BCUT2D eigenvalue weighted by Gasteiger charge is -2.42. The van der Waals surface area contributed by atoms with Crippen LogP contribution in [0, 0.1) is 5.92 Å². The summed E-state index contributed by atoms with van der Waals surface area (Å²) in [6.45, 7) is 12.6. The van der Waals surface area contributed by atoms with Crippen LogP contribution >= 0.6 is 23.4 Å². The minimum absolute atomic E-state index is 0.0216. The van der Waals surface area contributed by atoms with Gasteiger partial charge in [-0.1, -0.05) is 48.7 Å². The maximum Gasteiger partial charge on any atom is 0.409 e. The number of carboxylic acids is 1. The average molecular weight is 1970 g/mol. The maximum atomic E-state index is 14.5. The molecular formula is C89H137ClN10O35S. The molecule has 9 N–H and O–H groups in total. The highest BCUT2D eigenvalue weighted by molar-refractivity contribution is 8.00. The maximum absolute atomic E-state index is 14.5. The van der Waals surface area contributed by atoms with Gasteiger partial charge in [0.15, 0.2) is 5.72 Å². The molecule has 4 bridgehead atoms. The van der Waals surface area contributed by atoms with Crippen molar-refractivity contribution in [1.82, 2.24) is 46.6 Å². The number of halogens is 1. The topological polar surface area (TPSA) is 554 Å². The van der Waals surface area contributed by atoms with E-state index < -0.39 is 156 Å². The van der Waals surface area contributed by atoms with Crippen LogP contribution in [-0.2, 0) is 149 Å². The monoisotopic (exact) mass is 1970 g/mol. The van der Waals surface area contributed by atoms with Crippen LogP contribution in [0.5, 0.6) is 5.75 Å². The van der Waals surface area contributed by atoms with Gasteiger partial charge in [-0.15, -0.1) is 11.8 Å². The van der Waals surface area contributed by atoms with Crippen molar-refractivity contribution in [2.24, 2.45) is 5.92 Å². The fraction of sp³-hybridized carbons (Fsp3) is 0.708. The summed E-state index contributed by atoms with van der Waals surface area (Å²) in [6, 6.07) is -0.559. The van der Waals surface area contributed by atoms with Crippen LogP contribution in [-0.4, -0.2) is 417 Å². The third kappa shape index (κ3) is 42.4. The van der Waals surface area contributed by atoms with Gasteiger partial charge >= 0.3 is 18.0 Å². The lowest BCUT2D eigenvalue weighted by Crippen LogP contribution is -2.63. The number of carbonyl (C=O) groups is 14. The van der Waals surface area contributed by atoms with Crippen LogP contribution in [0.3, 0.4) is 0 Å². The highest BCUT2D eigenvalue weighted by Gasteiger charge is 2.65. The molecule has 136 heavy (non-hydrogen) atoms. The normalized spacial score (nSPS) is 21.3. The van der Waals surface area contributed by atoms with E-state index in [1.807, 2.05) is 13.0 Å². The first kappa shape index (κ1) is 116. The number of fused-ring (bicyclic) bond motifs is 5. The number of carboxylic acid groups (broad SMARTS) is 1. The lowest BCUT2D eigenvalue weighted by atomic mass is 9.83. The SMILES string of the molecule is COc1cc2cc(c1Cl)N(C)C(=O)C[C@H](OC(=O)[C@H](C)N(C)C(=O)CCSC1CC(=O)N(CC(=O)NC(CNC(=O)CCOCCOCCOCCOCCOCCOCCC(=O)NCC(NC(=O)CCCCCN3C(=O)C=CC3=O)C(=O)NCCOCCOCCOCCOCCOCCOCCOCCO)C(=O)O)C1=O)[C@]1(C)O[C@H]1[C@H](C)[C@@H]1C[C@@](O)(NC(=O)O1)[C@H](OC)/C=C/C=C(\C)C2. The Kier molecular flexibility index (Phi) is 54.7. The fourth-order valence-electron chi connectivity index (χ4n) is 14.1. The largest absolute Gasteiger partial charge is 0.495 e. The van der Waals surface area contributed by atoms with Gasteiger partial charge in [-0.3, -0.25) is 67.9 Å². The summed E-state index contributed by atoms with van der Waals surface area (Å²) < 4.78 is 100. The second-order valence-electron chi connectivity index (χ2n) is 32.2. The van der Waals surface area contributed by atoms with E-state index in [0.717, 1.165) is 32.7 Å². The minimum atomic E-state index is -1.94. The summed E-state index contributed by atoms with van der Waals surface area (Å²) >= 11 is 7.80. The molecule has 3 fully saturated rings. The van der Waals surface area contributed by atoms with Crippen molar-refractivity contribution in [3.63, 3.8) is 0 Å². The van der Waals surface area contributed by atoms with Crippen molar-refractivity contribution in [3.8, 4) is 5.75 Å². The highest BCUT2D eigenvalue weighted by Crippen LogP contribution is 2.49. The van der Waals surface area contributed by atoms with Crippen molar-refractivity contribution in [2.45, 2.75) is 157 Å². The number of likely N-dealkylation sites (N-methyl/N-ethyl adjacent to an activating group) is 1. The summed E-state index contributed by atoms with van der Waals surface area (Å²) in [4.78, 5) is 187. The average Bonchev–Trinajstić information content (AvgIpc) is 1.57. The third-order valence-corrected chi connectivity index (χ3v) is 23.6. The minimum Gasteiger partial charge on any atom is -0.495 e. The number of alkyl carbamates (subject to hydrolysis) is 1. The number of nitrogens with zero attached hydrogens (tertiary/aromatic N) is 4. The van der Waals surface area contributed by atoms with Gasteiger partial charge in [0.05, 0.1) is 209 Å². The number of hydrogen-bond acceptors (Lipinski definition) is 35. The molecular weight excluding hydrogens is 1840 g/mol. The van der Waals surface area contributed by atoms with Crippen LogP contribution in [0.1, 0.15) is 97.5 Å². The van der Waals surface area contributed by atoms with Gasteiger partial charge in [0.25, 0.3) is 11.8 Å². The molecule has 0 spiro atoms. The predicted molar refractivity (Wildman–Crippen MR) is 485 cm³/mol. The van der Waals surface area contributed by atoms with Crippen LogP contribution < -0.4 is 41.5 Å².